The van der Waals surface area contributed by atoms with Crippen LogP contribution >= 0.6 is 0 Å². The molecule has 0 fully saturated rings. The van der Waals surface area contributed by atoms with E-state index in [1.54, 1.807) is 30.3 Å². The van der Waals surface area contributed by atoms with E-state index in [0.29, 0.717) is 16.9 Å². The van der Waals surface area contributed by atoms with Gasteiger partial charge in [-0.2, -0.15) is 8.42 Å². The summed E-state index contributed by atoms with van der Waals surface area (Å²) in [6.45, 7) is 0. The molecule has 2 aromatic rings. The second-order valence-electron chi connectivity index (χ2n) is 4.35. The highest BCUT2D eigenvalue weighted by atomic mass is 32.2. The average Bonchev–Trinajstić information content (AvgIpc) is 3.10. The number of anilines is 1. The maximum atomic E-state index is 12.2. The van der Waals surface area contributed by atoms with Crippen LogP contribution in [-0.2, 0) is 14.9 Å². The van der Waals surface area contributed by atoms with E-state index in [2.05, 4.69) is 10.3 Å². The van der Waals surface area contributed by atoms with Gasteiger partial charge in [-0.15, -0.1) is 0 Å². The molecule has 0 unspecified atom stereocenters. The van der Waals surface area contributed by atoms with Crippen molar-refractivity contribution in [3.05, 3.63) is 54.5 Å². The minimum absolute atomic E-state index is 0.138. The molecule has 0 aliphatic carbocycles. The Hall–Kier alpha value is -2.45. The molecule has 1 aliphatic rings. The van der Waals surface area contributed by atoms with Gasteiger partial charge in [-0.1, -0.05) is 23.8 Å². The Bertz CT molecular complexity index is 768. The highest BCUT2D eigenvalue weighted by Gasteiger charge is 2.22. The number of para-hydroxylation sites is 1. The van der Waals surface area contributed by atoms with Crippen molar-refractivity contribution < 1.29 is 17.7 Å². The van der Waals surface area contributed by atoms with Crippen LogP contribution in [-0.4, -0.2) is 20.5 Å². The van der Waals surface area contributed by atoms with Gasteiger partial charge in [-0.25, -0.2) is 0 Å². The zero-order valence-electron chi connectivity index (χ0n) is 11.1. The van der Waals surface area contributed by atoms with Crippen LogP contribution in [0.5, 0.6) is 0 Å². The van der Waals surface area contributed by atoms with Gasteiger partial charge in [0.1, 0.15) is 12.0 Å². The summed E-state index contributed by atoms with van der Waals surface area (Å²) < 4.78 is 31.9. The molecule has 2 N–H and O–H groups in total. The van der Waals surface area contributed by atoms with Crippen molar-refractivity contribution in [3.63, 3.8) is 0 Å². The second kappa shape index (κ2) is 5.15. The zero-order chi connectivity index (χ0) is 14.9. The fourth-order valence-electron chi connectivity index (χ4n) is 1.94. The third kappa shape index (κ3) is 2.58. The lowest BCUT2D eigenvalue weighted by atomic mass is 10.1. The lowest BCUT2D eigenvalue weighted by Crippen LogP contribution is -2.26. The van der Waals surface area contributed by atoms with Gasteiger partial charge in [0.15, 0.2) is 0 Å². The Balaban J connectivity index is 1.97. The lowest BCUT2D eigenvalue weighted by molar-refractivity contribution is 0.0553. The van der Waals surface area contributed by atoms with Crippen molar-refractivity contribution in [2.75, 3.05) is 11.8 Å². The predicted molar refractivity (Wildman–Crippen MR) is 75.9 cm³/mol. The summed E-state index contributed by atoms with van der Waals surface area (Å²) in [5, 5.41) is 1.50. The molecule has 0 radical (unpaired) electrons. The Labute approximate surface area is 121 Å². The maximum Gasteiger partial charge on any atom is 0.295 e. The zero-order valence-corrected chi connectivity index (χ0v) is 11.9. The van der Waals surface area contributed by atoms with Gasteiger partial charge in [-0.3, -0.25) is 9.73 Å². The van der Waals surface area contributed by atoms with Crippen LogP contribution in [0.15, 0.2) is 58.4 Å². The van der Waals surface area contributed by atoms with E-state index in [-0.39, 0.29) is 5.09 Å². The summed E-state index contributed by atoms with van der Waals surface area (Å²) in [5.74, 6) is 0. The Morgan fingerprint density at radius 2 is 2.00 bits per heavy atom. The number of hydrogen-bond acceptors (Lipinski definition) is 6. The molecule has 0 saturated carbocycles. The molecule has 21 heavy (non-hydrogen) atoms. The van der Waals surface area contributed by atoms with Crippen LogP contribution in [0.25, 0.3) is 5.70 Å². The van der Waals surface area contributed by atoms with Gasteiger partial charge in [0.2, 0.25) is 5.09 Å². The molecular weight excluding hydrogens is 294 g/mol. The fraction of sp³-hybridized carbons (Fsp3) is 0.0769. The number of nitrogens with one attached hydrogen (secondary N) is 2. The highest BCUT2D eigenvalue weighted by molar-refractivity contribution is 7.92. The molecule has 0 amide bonds. The van der Waals surface area contributed by atoms with Crippen molar-refractivity contribution in [1.29, 1.82) is 0 Å². The summed E-state index contributed by atoms with van der Waals surface area (Å²) in [4.78, 5) is 5.00. The molecule has 3 rings (SSSR count). The van der Waals surface area contributed by atoms with Crippen molar-refractivity contribution in [2.24, 2.45) is 0 Å². The molecule has 1 aromatic carbocycles. The minimum Gasteiger partial charge on any atom is -0.451 e. The standard InChI is InChI=1S/C13H13N3O4S/c1-16-12(9-20-15-16)10-5-2-3-6-11(10)14-21(17,18)13-7-4-8-19-13/h2-9,14-15H,1H3. The normalized spacial score (nSPS) is 14.7. The summed E-state index contributed by atoms with van der Waals surface area (Å²) in [7, 11) is -2.00. The first-order valence-corrected chi connectivity index (χ1v) is 7.57. The van der Waals surface area contributed by atoms with Crippen LogP contribution in [0.4, 0.5) is 5.69 Å². The first-order valence-electron chi connectivity index (χ1n) is 6.09. The van der Waals surface area contributed by atoms with E-state index >= 15 is 0 Å². The molecule has 8 heteroatoms. The maximum absolute atomic E-state index is 12.2. The predicted octanol–water partition coefficient (Wildman–Crippen LogP) is 1.76. The van der Waals surface area contributed by atoms with Gasteiger partial charge in [-0.05, 0) is 18.2 Å². The van der Waals surface area contributed by atoms with Crippen LogP contribution in [0.1, 0.15) is 5.56 Å². The van der Waals surface area contributed by atoms with Crippen LogP contribution in [0, 0.1) is 0 Å². The van der Waals surface area contributed by atoms with Gasteiger partial charge in [0.25, 0.3) is 10.0 Å². The molecular formula is C13H13N3O4S. The lowest BCUT2D eigenvalue weighted by Gasteiger charge is -2.16. The minimum atomic E-state index is -3.76. The first-order chi connectivity index (χ1) is 10.1. The average molecular weight is 307 g/mol. The number of furan rings is 1. The summed E-state index contributed by atoms with van der Waals surface area (Å²) in [6, 6.07) is 9.92. The van der Waals surface area contributed by atoms with E-state index in [0.717, 1.165) is 0 Å². The van der Waals surface area contributed by atoms with Crippen LogP contribution in [0.3, 0.4) is 0 Å². The number of nitrogens with zero attached hydrogens (tertiary/aromatic N) is 1. The van der Waals surface area contributed by atoms with Crippen molar-refractivity contribution in [3.8, 4) is 0 Å². The van der Waals surface area contributed by atoms with Crippen molar-refractivity contribution in [1.82, 2.24) is 10.6 Å². The summed E-state index contributed by atoms with van der Waals surface area (Å²) in [5.41, 5.74) is 4.44. The molecule has 1 aromatic heterocycles. The van der Waals surface area contributed by atoms with E-state index in [1.165, 1.54) is 24.7 Å². The van der Waals surface area contributed by atoms with Crippen molar-refractivity contribution >= 4 is 21.4 Å². The molecule has 0 saturated heterocycles. The van der Waals surface area contributed by atoms with Gasteiger partial charge >= 0.3 is 0 Å². The Morgan fingerprint density at radius 1 is 1.19 bits per heavy atom. The SMILES string of the molecule is CN1NOC=C1c1ccccc1NS(=O)(=O)c1ccco1. The Morgan fingerprint density at radius 3 is 2.67 bits per heavy atom. The molecule has 110 valence electrons. The molecule has 7 nitrogen and oxygen atoms in total. The number of rotatable bonds is 4. The fourth-order valence-corrected chi connectivity index (χ4v) is 2.95. The van der Waals surface area contributed by atoms with Crippen LogP contribution in [0.2, 0.25) is 0 Å². The third-order valence-electron chi connectivity index (χ3n) is 2.93. The van der Waals surface area contributed by atoms with Gasteiger partial charge < -0.3 is 9.25 Å². The topological polar surface area (TPSA) is 83.8 Å². The highest BCUT2D eigenvalue weighted by Crippen LogP contribution is 2.28. The van der Waals surface area contributed by atoms with E-state index in [1.807, 2.05) is 6.07 Å². The first kappa shape index (κ1) is 13.5. The summed E-state index contributed by atoms with van der Waals surface area (Å²) >= 11 is 0. The van der Waals surface area contributed by atoms with Gasteiger partial charge in [0, 0.05) is 12.6 Å². The third-order valence-corrected chi connectivity index (χ3v) is 4.18. The molecule has 2 heterocycles. The molecule has 0 spiro atoms. The monoisotopic (exact) mass is 307 g/mol. The van der Waals surface area contributed by atoms with E-state index < -0.39 is 10.0 Å². The van der Waals surface area contributed by atoms with Crippen LogP contribution < -0.4 is 10.3 Å². The van der Waals surface area contributed by atoms with E-state index in [4.69, 9.17) is 9.25 Å². The second-order valence-corrected chi connectivity index (χ2v) is 5.97. The van der Waals surface area contributed by atoms with Crippen molar-refractivity contribution in [2.45, 2.75) is 5.09 Å². The number of sulfonamides is 1. The molecule has 0 bridgehead atoms. The number of hydrogen-bond donors (Lipinski definition) is 2. The summed E-state index contributed by atoms with van der Waals surface area (Å²) in [6.07, 6.45) is 2.81. The molecule has 1 aliphatic heterocycles. The quantitative estimate of drug-likeness (QED) is 0.895. The Kier molecular flexibility index (Phi) is 3.32. The number of benzene rings is 1. The smallest absolute Gasteiger partial charge is 0.295 e. The molecule has 0 atom stereocenters. The van der Waals surface area contributed by atoms with E-state index in [9.17, 15) is 8.42 Å². The number of hydrazine groups is 1. The van der Waals surface area contributed by atoms with Gasteiger partial charge in [0.05, 0.1) is 12.0 Å². The largest absolute Gasteiger partial charge is 0.451 e.